The number of amides is 5. The second-order valence-electron chi connectivity index (χ2n) is 9.72. The zero-order valence-corrected chi connectivity index (χ0v) is 25.5. The third kappa shape index (κ3) is 27.2. The Morgan fingerprint density at radius 3 is 1.37 bits per heavy atom. The summed E-state index contributed by atoms with van der Waals surface area (Å²) in [7, 11) is 0. The molecule has 5 amide bonds. The van der Waals surface area contributed by atoms with Crippen molar-refractivity contribution in [1.29, 1.82) is 0 Å². The highest BCUT2D eigenvalue weighted by atomic mass is 16.5. The monoisotopic (exact) mass is 616 g/mol. The molecule has 0 aliphatic heterocycles. The number of carbonyl (C=O) groups is 6. The largest absolute Gasteiger partial charge is 0.356 e. The summed E-state index contributed by atoms with van der Waals surface area (Å²) in [6, 6.07) is 0. The Bertz CT molecular complexity index is 823. The normalized spacial score (nSPS) is 10.1. The van der Waals surface area contributed by atoms with Gasteiger partial charge in [-0.3, -0.25) is 44.4 Å². The predicted molar refractivity (Wildman–Crippen MR) is 158 cm³/mol. The summed E-state index contributed by atoms with van der Waals surface area (Å²) in [5.41, 5.74) is 5.39. The number of unbranched alkanes of at least 4 members (excludes halogenated alkanes) is 6. The van der Waals surface area contributed by atoms with E-state index in [1.54, 1.807) is 0 Å². The molecule has 0 rings (SSSR count). The fourth-order valence-electron chi connectivity index (χ4n) is 3.45. The van der Waals surface area contributed by atoms with Crippen LogP contribution in [0.5, 0.6) is 0 Å². The van der Waals surface area contributed by atoms with Crippen LogP contribution in [0.1, 0.15) is 90.4 Å². The van der Waals surface area contributed by atoms with Crippen molar-refractivity contribution < 1.29 is 44.4 Å². The molecule has 0 atom stereocenters. The van der Waals surface area contributed by atoms with Crippen LogP contribution in [0.2, 0.25) is 0 Å². The van der Waals surface area contributed by atoms with E-state index in [1.807, 2.05) is 0 Å². The second-order valence-corrected chi connectivity index (χ2v) is 9.72. The van der Waals surface area contributed by atoms with Crippen LogP contribution in [0.15, 0.2) is 12.7 Å². The van der Waals surface area contributed by atoms with E-state index in [0.29, 0.717) is 79.6 Å². The molecule has 43 heavy (non-hydrogen) atoms. The lowest BCUT2D eigenvalue weighted by Gasteiger charge is -2.15. The van der Waals surface area contributed by atoms with E-state index in [-0.39, 0.29) is 57.1 Å². The van der Waals surface area contributed by atoms with Gasteiger partial charge in [-0.15, -0.1) is 0 Å². The van der Waals surface area contributed by atoms with Gasteiger partial charge in [0, 0.05) is 65.3 Å². The molecule has 0 aromatic heterocycles. The van der Waals surface area contributed by atoms with Crippen molar-refractivity contribution in [3.8, 4) is 0 Å². The zero-order chi connectivity index (χ0) is 32.9. The molecule has 248 valence electrons. The molecule has 0 bridgehead atoms. The number of allylic oxidation sites excluding steroid dienone is 1. The van der Waals surface area contributed by atoms with E-state index in [0.717, 1.165) is 19.3 Å². The van der Waals surface area contributed by atoms with E-state index in [1.165, 1.54) is 13.0 Å². The van der Waals surface area contributed by atoms with Gasteiger partial charge in [0.05, 0.1) is 0 Å². The number of nitrogens with one attached hydrogen (secondary N) is 2. The molecule has 15 heteroatoms. The molecule has 0 aromatic carbocycles. The second kappa shape index (κ2) is 28.7. The smallest absolute Gasteiger partial charge is 0.246 e. The Hall–Kier alpha value is -3.40. The quantitative estimate of drug-likeness (QED) is 0.0300. The molecule has 0 fully saturated rings. The van der Waals surface area contributed by atoms with Crippen molar-refractivity contribution in [2.24, 2.45) is 5.73 Å². The van der Waals surface area contributed by atoms with E-state index in [9.17, 15) is 39.6 Å². The summed E-state index contributed by atoms with van der Waals surface area (Å²) in [4.78, 5) is 67.4. The summed E-state index contributed by atoms with van der Waals surface area (Å²) in [6.45, 7) is 6.33. The average Bonchev–Trinajstić information content (AvgIpc) is 2.99. The van der Waals surface area contributed by atoms with Crippen LogP contribution in [0.25, 0.3) is 0 Å². The Kier molecular flexibility index (Phi) is 27.9. The van der Waals surface area contributed by atoms with Crippen molar-refractivity contribution >= 4 is 35.8 Å². The summed E-state index contributed by atoms with van der Waals surface area (Å²) in [6.07, 6.45) is 7.67. The van der Waals surface area contributed by atoms with Crippen molar-refractivity contribution in [3.63, 3.8) is 0 Å². The van der Waals surface area contributed by atoms with E-state index >= 15 is 0 Å². The van der Waals surface area contributed by atoms with E-state index in [2.05, 4.69) is 17.2 Å². The van der Waals surface area contributed by atoms with Gasteiger partial charge in [-0.25, -0.2) is 15.2 Å². The van der Waals surface area contributed by atoms with E-state index < -0.39 is 17.7 Å². The lowest BCUT2D eigenvalue weighted by atomic mass is 10.2. The van der Waals surface area contributed by atoms with E-state index in [4.69, 9.17) is 10.5 Å². The van der Waals surface area contributed by atoms with Gasteiger partial charge in [-0.1, -0.05) is 13.0 Å². The first-order chi connectivity index (χ1) is 20.5. The molecule has 15 nitrogen and oxygen atoms in total. The van der Waals surface area contributed by atoms with Crippen molar-refractivity contribution in [1.82, 2.24) is 25.8 Å². The first-order valence-electron chi connectivity index (χ1n) is 14.7. The van der Waals surface area contributed by atoms with Crippen LogP contribution in [0.3, 0.4) is 0 Å². The Morgan fingerprint density at radius 1 is 0.651 bits per heavy atom. The van der Waals surface area contributed by atoms with Crippen LogP contribution < -0.4 is 16.4 Å². The van der Waals surface area contributed by atoms with Crippen molar-refractivity contribution in [2.75, 3.05) is 39.3 Å². The lowest BCUT2D eigenvalue weighted by molar-refractivity contribution is -0.166. The van der Waals surface area contributed by atoms with Gasteiger partial charge in [-0.05, 0) is 64.0 Å². The van der Waals surface area contributed by atoms with Crippen molar-refractivity contribution in [2.45, 2.75) is 90.4 Å². The van der Waals surface area contributed by atoms with Crippen LogP contribution >= 0.6 is 0 Å². The molecule has 0 unspecified atom stereocenters. The summed E-state index contributed by atoms with van der Waals surface area (Å²) < 4.78 is 0. The SMILES string of the molecule is C=CC=O.CC(=O)N(O)CCCCCNC(=O)CCC(=O)N(O)CCCCCNC(=O)CCC(=O)N(O)CCCCCN. The number of nitrogens with two attached hydrogens (primary N) is 1. The molecule has 0 spiro atoms. The number of rotatable bonds is 24. The predicted octanol–water partition coefficient (Wildman–Crippen LogP) is 1.29. The number of carbonyl (C=O) groups excluding carboxylic acids is 6. The molecular weight excluding hydrogens is 564 g/mol. The summed E-state index contributed by atoms with van der Waals surface area (Å²) in [5.74, 6) is -2.05. The molecule has 0 aromatic rings. The zero-order valence-electron chi connectivity index (χ0n) is 25.5. The van der Waals surface area contributed by atoms with Gasteiger partial charge in [0.25, 0.3) is 0 Å². The first kappa shape index (κ1) is 41.7. The van der Waals surface area contributed by atoms with Gasteiger partial charge in [0.15, 0.2) is 0 Å². The first-order valence-corrected chi connectivity index (χ1v) is 14.7. The minimum Gasteiger partial charge on any atom is -0.356 e. The van der Waals surface area contributed by atoms with Gasteiger partial charge >= 0.3 is 0 Å². The van der Waals surface area contributed by atoms with Crippen LogP contribution in [0, 0.1) is 0 Å². The Balaban J connectivity index is 0. The minimum absolute atomic E-state index is 0.0191. The maximum absolute atomic E-state index is 12.0. The maximum Gasteiger partial charge on any atom is 0.246 e. The van der Waals surface area contributed by atoms with Gasteiger partial charge in [-0.2, -0.15) is 0 Å². The van der Waals surface area contributed by atoms with Crippen molar-refractivity contribution in [3.05, 3.63) is 12.7 Å². The Labute approximate surface area is 254 Å². The minimum atomic E-state index is -0.548. The fourth-order valence-corrected chi connectivity index (χ4v) is 3.45. The number of hydrogen-bond acceptors (Lipinski definition) is 10. The van der Waals surface area contributed by atoms with Gasteiger partial charge < -0.3 is 16.4 Å². The fraction of sp³-hybridized carbons (Fsp3) is 0.714. The molecule has 0 aliphatic rings. The molecule has 0 aliphatic carbocycles. The number of hydroxylamine groups is 6. The molecule has 0 saturated heterocycles. The van der Waals surface area contributed by atoms with Crippen LogP contribution in [0.4, 0.5) is 0 Å². The third-order valence-corrected chi connectivity index (χ3v) is 5.98. The number of nitrogens with zero attached hydrogens (tertiary/aromatic N) is 3. The van der Waals surface area contributed by atoms with Crippen LogP contribution in [-0.2, 0) is 28.8 Å². The molecule has 0 heterocycles. The van der Waals surface area contributed by atoms with Gasteiger partial charge in [0.1, 0.15) is 6.29 Å². The van der Waals surface area contributed by atoms with Crippen LogP contribution in [-0.4, -0.2) is 106 Å². The summed E-state index contributed by atoms with van der Waals surface area (Å²) in [5, 5.41) is 36.1. The molecule has 7 N–H and O–H groups in total. The lowest BCUT2D eigenvalue weighted by Crippen LogP contribution is -2.31. The Morgan fingerprint density at radius 2 is 1.02 bits per heavy atom. The molecule has 0 radical (unpaired) electrons. The van der Waals surface area contributed by atoms with Gasteiger partial charge in [0.2, 0.25) is 29.5 Å². The third-order valence-electron chi connectivity index (χ3n) is 5.98. The topological polar surface area (TPSA) is 223 Å². The maximum atomic E-state index is 12.0. The number of aldehydes is 1. The highest BCUT2D eigenvalue weighted by molar-refractivity contribution is 5.83. The molecule has 0 saturated carbocycles. The highest BCUT2D eigenvalue weighted by Gasteiger charge is 2.14. The average molecular weight is 617 g/mol. The number of hydrogen-bond donors (Lipinski definition) is 6. The summed E-state index contributed by atoms with van der Waals surface area (Å²) >= 11 is 0. The highest BCUT2D eigenvalue weighted by Crippen LogP contribution is 2.03. The molecular formula is C28H52N6O9. The standard InChI is InChI=1S/C25H48N6O8.C3H4O/c1-21(32)29(37)18-9-3-6-16-27-22(33)12-14-25(36)31(39)20-10-4-7-17-28-23(34)11-13-24(35)30(38)19-8-2-5-15-26;1-2-3-4/h37-39H,2-20,26H2,1H3,(H,27,33)(H,28,34);2-3H,1H2.